The summed E-state index contributed by atoms with van der Waals surface area (Å²) in [4.78, 5) is 16.0. The second-order valence-electron chi connectivity index (χ2n) is 7.88. The number of rotatable bonds is 5. The molecule has 2 aliphatic heterocycles. The van der Waals surface area contributed by atoms with Crippen LogP contribution in [0, 0.1) is 0 Å². The zero-order valence-corrected chi connectivity index (χ0v) is 16.6. The third-order valence-electron chi connectivity index (χ3n) is 5.98. The lowest BCUT2D eigenvalue weighted by Gasteiger charge is -2.46. The standard InChI is InChI=1S/C18H21ClF2N2O4S/c19-12-1-3-15(4-2-12)28(26,27)17(5-6-17)16(25)22-8-14(9-22)23-11-18(20,21)7-13(23)10-24/h1-4,13-14,24H,5-11H2/t13-/m0/s1. The molecule has 1 aliphatic carbocycles. The lowest BCUT2D eigenvalue weighted by Crippen LogP contribution is -2.65. The summed E-state index contributed by atoms with van der Waals surface area (Å²) >= 11 is 5.81. The molecule has 1 saturated carbocycles. The van der Waals surface area contributed by atoms with Crippen molar-refractivity contribution in [2.45, 2.75) is 46.9 Å². The topological polar surface area (TPSA) is 77.9 Å². The monoisotopic (exact) mass is 434 g/mol. The van der Waals surface area contributed by atoms with Crippen molar-refractivity contribution < 1.29 is 27.1 Å². The summed E-state index contributed by atoms with van der Waals surface area (Å²) in [6.07, 6.45) is 0.0981. The lowest BCUT2D eigenvalue weighted by atomic mass is 10.0. The molecule has 1 atom stereocenters. The zero-order valence-electron chi connectivity index (χ0n) is 15.0. The molecule has 0 unspecified atom stereocenters. The van der Waals surface area contributed by atoms with Gasteiger partial charge in [-0.05, 0) is 37.1 Å². The van der Waals surface area contributed by atoms with Crippen LogP contribution in [0.4, 0.5) is 8.78 Å². The Hall–Kier alpha value is -1.29. The fourth-order valence-corrected chi connectivity index (χ4v) is 6.26. The molecular weight excluding hydrogens is 414 g/mol. The molecule has 0 aromatic heterocycles. The largest absolute Gasteiger partial charge is 0.395 e. The molecule has 6 nitrogen and oxygen atoms in total. The van der Waals surface area contributed by atoms with Gasteiger partial charge in [0.05, 0.1) is 18.0 Å². The molecule has 0 spiro atoms. The highest BCUT2D eigenvalue weighted by molar-refractivity contribution is 7.94. The Labute approximate surface area is 167 Å². The van der Waals surface area contributed by atoms with Crippen molar-refractivity contribution in [3.63, 3.8) is 0 Å². The first-order chi connectivity index (χ1) is 13.1. The number of benzene rings is 1. The van der Waals surface area contributed by atoms with E-state index in [1.54, 1.807) is 0 Å². The molecule has 0 radical (unpaired) electrons. The van der Waals surface area contributed by atoms with Gasteiger partial charge in [0.2, 0.25) is 5.91 Å². The van der Waals surface area contributed by atoms with Gasteiger partial charge >= 0.3 is 0 Å². The van der Waals surface area contributed by atoms with Crippen LogP contribution in [0.3, 0.4) is 0 Å². The van der Waals surface area contributed by atoms with Crippen molar-refractivity contribution in [2.75, 3.05) is 26.2 Å². The van der Waals surface area contributed by atoms with Crippen molar-refractivity contribution in [3.8, 4) is 0 Å². The average Bonchev–Trinajstić information content (AvgIpc) is 3.35. The summed E-state index contributed by atoms with van der Waals surface area (Å²) in [5.41, 5.74) is 0. The van der Waals surface area contributed by atoms with Crippen LogP contribution in [0.2, 0.25) is 5.02 Å². The van der Waals surface area contributed by atoms with Gasteiger partial charge < -0.3 is 10.0 Å². The van der Waals surface area contributed by atoms with Crippen molar-refractivity contribution in [2.24, 2.45) is 0 Å². The number of aliphatic hydroxyl groups is 1. The normalized spacial score (nSPS) is 26.9. The first-order valence-corrected chi connectivity index (χ1v) is 11.0. The highest BCUT2D eigenvalue weighted by atomic mass is 35.5. The molecule has 1 N–H and O–H groups in total. The van der Waals surface area contributed by atoms with Gasteiger partial charge in [-0.2, -0.15) is 0 Å². The van der Waals surface area contributed by atoms with Crippen LogP contribution in [0.15, 0.2) is 29.2 Å². The van der Waals surface area contributed by atoms with Gasteiger partial charge in [-0.25, -0.2) is 17.2 Å². The van der Waals surface area contributed by atoms with E-state index in [0.717, 1.165) is 0 Å². The number of hydrogen-bond acceptors (Lipinski definition) is 5. The predicted octanol–water partition coefficient (Wildman–Crippen LogP) is 1.56. The van der Waals surface area contributed by atoms with E-state index >= 15 is 0 Å². The van der Waals surface area contributed by atoms with E-state index < -0.39 is 45.4 Å². The van der Waals surface area contributed by atoms with Crippen LogP contribution < -0.4 is 0 Å². The van der Waals surface area contributed by atoms with E-state index in [0.29, 0.717) is 5.02 Å². The molecular formula is C18H21ClF2N2O4S. The Balaban J connectivity index is 1.46. The van der Waals surface area contributed by atoms with Gasteiger partial charge in [0, 0.05) is 36.6 Å². The molecule has 4 rings (SSSR count). The summed E-state index contributed by atoms with van der Waals surface area (Å²) in [6, 6.07) is 4.80. The highest BCUT2D eigenvalue weighted by Crippen LogP contribution is 2.49. The quantitative estimate of drug-likeness (QED) is 0.761. The first-order valence-electron chi connectivity index (χ1n) is 9.14. The number of hydrogen-bond donors (Lipinski definition) is 1. The molecule has 0 bridgehead atoms. The Morgan fingerprint density at radius 3 is 2.36 bits per heavy atom. The molecule has 10 heteroatoms. The number of aliphatic hydroxyl groups excluding tert-OH is 1. The minimum atomic E-state index is -3.86. The first kappa shape index (κ1) is 20.0. The summed E-state index contributed by atoms with van der Waals surface area (Å²) in [5.74, 6) is -3.32. The van der Waals surface area contributed by atoms with Crippen LogP contribution in [0.5, 0.6) is 0 Å². The SMILES string of the molecule is O=C(N1CC(N2CC(F)(F)C[C@H]2CO)C1)C1(S(=O)(=O)c2ccc(Cl)cc2)CC1. The number of likely N-dealkylation sites (tertiary alicyclic amines) is 2. The number of carbonyl (C=O) groups is 1. The third kappa shape index (κ3) is 3.12. The molecule has 2 saturated heterocycles. The maximum Gasteiger partial charge on any atom is 0.262 e. The van der Waals surface area contributed by atoms with Gasteiger partial charge in [-0.15, -0.1) is 0 Å². The van der Waals surface area contributed by atoms with Crippen LogP contribution in [-0.4, -0.2) is 78.2 Å². The Morgan fingerprint density at radius 2 is 1.82 bits per heavy atom. The summed E-state index contributed by atoms with van der Waals surface area (Å²) in [5, 5.41) is 9.76. The molecule has 2 heterocycles. The second-order valence-corrected chi connectivity index (χ2v) is 10.6. The number of carbonyl (C=O) groups excluding carboxylic acids is 1. The van der Waals surface area contributed by atoms with E-state index in [1.807, 2.05) is 0 Å². The Kier molecular flexibility index (Phi) is 4.73. The van der Waals surface area contributed by atoms with E-state index in [-0.39, 0.29) is 43.5 Å². The van der Waals surface area contributed by atoms with Crippen LogP contribution >= 0.6 is 11.6 Å². The maximum absolute atomic E-state index is 13.7. The average molecular weight is 435 g/mol. The predicted molar refractivity (Wildman–Crippen MR) is 98.1 cm³/mol. The van der Waals surface area contributed by atoms with Crippen LogP contribution in [0.25, 0.3) is 0 Å². The Bertz CT molecular complexity index is 883. The molecule has 1 aromatic rings. The van der Waals surface area contributed by atoms with Gasteiger partial charge in [0.25, 0.3) is 5.92 Å². The number of alkyl halides is 2. The Morgan fingerprint density at radius 1 is 1.21 bits per heavy atom. The fraction of sp³-hybridized carbons (Fsp3) is 0.611. The summed E-state index contributed by atoms with van der Waals surface area (Å²) in [7, 11) is -3.86. The van der Waals surface area contributed by atoms with Gasteiger partial charge in [-0.3, -0.25) is 9.69 Å². The third-order valence-corrected chi connectivity index (χ3v) is 8.74. The number of sulfone groups is 1. The van der Waals surface area contributed by atoms with E-state index in [9.17, 15) is 27.1 Å². The molecule has 3 fully saturated rings. The highest BCUT2D eigenvalue weighted by Gasteiger charge is 2.64. The molecule has 28 heavy (non-hydrogen) atoms. The summed E-state index contributed by atoms with van der Waals surface area (Å²) < 4.78 is 51.9. The molecule has 1 aromatic carbocycles. The van der Waals surface area contributed by atoms with Crippen molar-refractivity contribution in [1.29, 1.82) is 0 Å². The van der Waals surface area contributed by atoms with Crippen molar-refractivity contribution >= 4 is 27.3 Å². The van der Waals surface area contributed by atoms with Gasteiger partial charge in [0.1, 0.15) is 0 Å². The van der Waals surface area contributed by atoms with Gasteiger partial charge in [0.15, 0.2) is 14.6 Å². The number of amides is 1. The maximum atomic E-state index is 13.7. The molecule has 3 aliphatic rings. The second kappa shape index (κ2) is 6.62. The van der Waals surface area contributed by atoms with E-state index in [1.165, 1.54) is 34.1 Å². The number of nitrogens with zero attached hydrogens (tertiary/aromatic N) is 2. The van der Waals surface area contributed by atoms with Crippen LogP contribution in [-0.2, 0) is 14.6 Å². The summed E-state index contributed by atoms with van der Waals surface area (Å²) in [6.45, 7) is -0.416. The van der Waals surface area contributed by atoms with E-state index in [2.05, 4.69) is 0 Å². The minimum Gasteiger partial charge on any atom is -0.395 e. The minimum absolute atomic E-state index is 0.0550. The smallest absolute Gasteiger partial charge is 0.262 e. The van der Waals surface area contributed by atoms with Crippen molar-refractivity contribution in [1.82, 2.24) is 9.80 Å². The number of halogens is 3. The molecule has 154 valence electrons. The zero-order chi connectivity index (χ0) is 20.3. The van der Waals surface area contributed by atoms with E-state index in [4.69, 9.17) is 11.6 Å². The fourth-order valence-electron chi connectivity index (χ4n) is 4.19. The lowest BCUT2D eigenvalue weighted by molar-refractivity contribution is -0.139. The van der Waals surface area contributed by atoms with Crippen molar-refractivity contribution in [3.05, 3.63) is 29.3 Å². The molecule has 1 amide bonds. The van der Waals surface area contributed by atoms with Crippen LogP contribution in [0.1, 0.15) is 19.3 Å². The van der Waals surface area contributed by atoms with Gasteiger partial charge in [-0.1, -0.05) is 11.6 Å².